The number of aliphatic hydroxyl groups excluding tert-OH is 1. The highest BCUT2D eigenvalue weighted by molar-refractivity contribution is 5.32. The minimum absolute atomic E-state index is 0.0141. The van der Waals surface area contributed by atoms with Crippen LogP contribution >= 0.6 is 0 Å². The second-order valence-corrected chi connectivity index (χ2v) is 3.02. The van der Waals surface area contributed by atoms with Crippen molar-refractivity contribution in [2.75, 3.05) is 26.4 Å². The van der Waals surface area contributed by atoms with E-state index >= 15 is 0 Å². The third-order valence-electron chi connectivity index (χ3n) is 1.89. The van der Waals surface area contributed by atoms with E-state index in [1.54, 1.807) is 0 Å². The van der Waals surface area contributed by atoms with Crippen molar-refractivity contribution < 1.29 is 14.6 Å². The molecule has 0 fully saturated rings. The van der Waals surface area contributed by atoms with E-state index in [9.17, 15) is 0 Å². The summed E-state index contributed by atoms with van der Waals surface area (Å²) in [5.74, 6) is 0.705. The van der Waals surface area contributed by atoms with Gasteiger partial charge in [-0.25, -0.2) is 0 Å². The lowest BCUT2D eigenvalue weighted by molar-refractivity contribution is 0.105. The number of ether oxygens (including phenoxy) is 2. The fraction of sp³-hybridized carbons (Fsp3) is 0.455. The van der Waals surface area contributed by atoms with Crippen LogP contribution in [0.2, 0.25) is 0 Å². The number of aliphatic hydroxyl groups is 1. The molecule has 1 aromatic rings. The van der Waals surface area contributed by atoms with E-state index in [2.05, 4.69) is 0 Å². The predicted molar refractivity (Wildman–Crippen MR) is 57.7 cm³/mol. The van der Waals surface area contributed by atoms with Crippen molar-refractivity contribution in [1.29, 1.82) is 0 Å². The second kappa shape index (κ2) is 7.23. The van der Waals surface area contributed by atoms with Crippen LogP contribution in [0, 0.1) is 0 Å². The average molecular weight is 211 g/mol. The molecule has 0 atom stereocenters. The van der Waals surface area contributed by atoms with E-state index in [1.165, 1.54) is 0 Å². The lowest BCUT2D eigenvalue weighted by Gasteiger charge is -2.09. The number of nitrogens with two attached hydrogens (primary N) is 1. The maximum Gasteiger partial charge on any atom is 0.124 e. The average Bonchev–Trinajstić information content (AvgIpc) is 2.29. The van der Waals surface area contributed by atoms with Crippen LogP contribution in [-0.4, -0.2) is 31.5 Å². The zero-order valence-corrected chi connectivity index (χ0v) is 8.69. The van der Waals surface area contributed by atoms with Gasteiger partial charge in [0.2, 0.25) is 0 Å². The molecule has 0 aliphatic rings. The molecule has 1 aromatic carbocycles. The van der Waals surface area contributed by atoms with Crippen molar-refractivity contribution in [3.05, 3.63) is 29.8 Å². The van der Waals surface area contributed by atoms with Crippen molar-refractivity contribution in [2.45, 2.75) is 6.61 Å². The Morgan fingerprint density at radius 1 is 1.13 bits per heavy atom. The molecule has 15 heavy (non-hydrogen) atoms. The zero-order valence-electron chi connectivity index (χ0n) is 8.69. The molecule has 4 nitrogen and oxygen atoms in total. The molecule has 0 spiro atoms. The summed E-state index contributed by atoms with van der Waals surface area (Å²) in [5, 5.41) is 9.03. The second-order valence-electron chi connectivity index (χ2n) is 3.02. The van der Waals surface area contributed by atoms with Gasteiger partial charge in [0.05, 0.1) is 19.8 Å². The quantitative estimate of drug-likeness (QED) is 0.646. The van der Waals surface area contributed by atoms with Crippen LogP contribution in [0.3, 0.4) is 0 Å². The normalized spacial score (nSPS) is 10.3. The number of rotatable bonds is 7. The minimum atomic E-state index is -0.0141. The van der Waals surface area contributed by atoms with Crippen LogP contribution in [-0.2, 0) is 11.3 Å². The standard InChI is InChI=1S/C11H17NO3/c12-5-6-14-7-8-15-11-4-2-1-3-10(11)9-13/h1-4,13H,5-9,12H2. The Hall–Kier alpha value is -1.10. The Labute approximate surface area is 89.6 Å². The van der Waals surface area contributed by atoms with Crippen LogP contribution in [0.1, 0.15) is 5.56 Å². The first-order valence-corrected chi connectivity index (χ1v) is 4.98. The molecule has 4 heteroatoms. The van der Waals surface area contributed by atoms with Gasteiger partial charge in [-0.05, 0) is 6.07 Å². The molecule has 0 radical (unpaired) electrons. The summed E-state index contributed by atoms with van der Waals surface area (Å²) in [6, 6.07) is 7.39. The molecule has 0 heterocycles. The van der Waals surface area contributed by atoms with Gasteiger partial charge in [0, 0.05) is 12.1 Å². The fourth-order valence-electron chi connectivity index (χ4n) is 1.17. The van der Waals surface area contributed by atoms with E-state index in [4.69, 9.17) is 20.3 Å². The van der Waals surface area contributed by atoms with E-state index in [1.807, 2.05) is 24.3 Å². The minimum Gasteiger partial charge on any atom is -0.491 e. The first kappa shape index (κ1) is 12.0. The predicted octanol–water partition coefficient (Wildman–Crippen LogP) is 0.533. The highest BCUT2D eigenvalue weighted by Gasteiger charge is 2.00. The molecule has 0 saturated carbocycles. The number of para-hydroxylation sites is 1. The van der Waals surface area contributed by atoms with E-state index in [0.717, 1.165) is 5.56 Å². The molecule has 3 N–H and O–H groups in total. The van der Waals surface area contributed by atoms with E-state index < -0.39 is 0 Å². The number of benzene rings is 1. The molecule has 0 amide bonds. The molecule has 0 aliphatic heterocycles. The monoisotopic (exact) mass is 211 g/mol. The van der Waals surface area contributed by atoms with Crippen LogP contribution in [0.25, 0.3) is 0 Å². The van der Waals surface area contributed by atoms with Gasteiger partial charge in [0.15, 0.2) is 0 Å². The van der Waals surface area contributed by atoms with E-state index in [0.29, 0.717) is 32.1 Å². The van der Waals surface area contributed by atoms with Gasteiger partial charge in [0.25, 0.3) is 0 Å². The molecule has 0 aliphatic carbocycles. The molecule has 1 rings (SSSR count). The Morgan fingerprint density at radius 3 is 2.67 bits per heavy atom. The van der Waals surface area contributed by atoms with Crippen molar-refractivity contribution in [2.24, 2.45) is 5.73 Å². The lowest BCUT2D eigenvalue weighted by atomic mass is 10.2. The van der Waals surface area contributed by atoms with Gasteiger partial charge < -0.3 is 20.3 Å². The van der Waals surface area contributed by atoms with Crippen LogP contribution in [0.15, 0.2) is 24.3 Å². The molecular weight excluding hydrogens is 194 g/mol. The summed E-state index contributed by atoms with van der Waals surface area (Å²) < 4.78 is 10.6. The first-order chi connectivity index (χ1) is 7.38. The van der Waals surface area contributed by atoms with Gasteiger partial charge in [-0.3, -0.25) is 0 Å². The summed E-state index contributed by atoms with van der Waals surface area (Å²) in [6.45, 7) is 2.03. The summed E-state index contributed by atoms with van der Waals surface area (Å²) in [7, 11) is 0. The van der Waals surface area contributed by atoms with E-state index in [-0.39, 0.29) is 6.61 Å². The first-order valence-electron chi connectivity index (χ1n) is 4.98. The van der Waals surface area contributed by atoms with Crippen molar-refractivity contribution in [1.82, 2.24) is 0 Å². The van der Waals surface area contributed by atoms with Gasteiger partial charge in [-0.15, -0.1) is 0 Å². The van der Waals surface area contributed by atoms with Crippen molar-refractivity contribution in [3.8, 4) is 5.75 Å². The molecule has 0 unspecified atom stereocenters. The molecule has 0 aromatic heterocycles. The van der Waals surface area contributed by atoms with Crippen molar-refractivity contribution in [3.63, 3.8) is 0 Å². The lowest BCUT2D eigenvalue weighted by Crippen LogP contribution is -2.13. The Balaban J connectivity index is 2.30. The van der Waals surface area contributed by atoms with Gasteiger partial charge in [-0.1, -0.05) is 18.2 Å². The summed E-state index contributed by atoms with van der Waals surface area (Å²) in [6.07, 6.45) is 0. The topological polar surface area (TPSA) is 64.7 Å². The summed E-state index contributed by atoms with van der Waals surface area (Å²) in [5.41, 5.74) is 6.06. The van der Waals surface area contributed by atoms with Crippen LogP contribution in [0.5, 0.6) is 5.75 Å². The maximum atomic E-state index is 9.03. The van der Waals surface area contributed by atoms with Gasteiger partial charge >= 0.3 is 0 Å². The largest absolute Gasteiger partial charge is 0.491 e. The molecular formula is C11H17NO3. The van der Waals surface area contributed by atoms with Crippen LogP contribution < -0.4 is 10.5 Å². The third-order valence-corrected chi connectivity index (χ3v) is 1.89. The highest BCUT2D eigenvalue weighted by atomic mass is 16.5. The summed E-state index contributed by atoms with van der Waals surface area (Å²) in [4.78, 5) is 0. The Morgan fingerprint density at radius 2 is 1.93 bits per heavy atom. The van der Waals surface area contributed by atoms with Gasteiger partial charge in [0.1, 0.15) is 12.4 Å². The molecule has 0 saturated heterocycles. The van der Waals surface area contributed by atoms with Gasteiger partial charge in [-0.2, -0.15) is 0 Å². The smallest absolute Gasteiger partial charge is 0.124 e. The summed E-state index contributed by atoms with van der Waals surface area (Å²) >= 11 is 0. The SMILES string of the molecule is NCCOCCOc1ccccc1CO. The highest BCUT2D eigenvalue weighted by Crippen LogP contribution is 2.17. The maximum absolute atomic E-state index is 9.03. The van der Waals surface area contributed by atoms with Crippen molar-refractivity contribution >= 4 is 0 Å². The molecule has 0 bridgehead atoms. The Bertz CT molecular complexity index is 278. The number of hydrogen-bond acceptors (Lipinski definition) is 4. The Kier molecular flexibility index (Phi) is 5.77. The third kappa shape index (κ3) is 4.29. The van der Waals surface area contributed by atoms with Crippen LogP contribution in [0.4, 0.5) is 0 Å². The fourth-order valence-corrected chi connectivity index (χ4v) is 1.17. The number of hydrogen-bond donors (Lipinski definition) is 2. The zero-order chi connectivity index (χ0) is 10.9. The molecule has 84 valence electrons.